The normalized spacial score (nSPS) is 22.5. The highest BCUT2D eigenvalue weighted by molar-refractivity contribution is 5.89. The Bertz CT molecular complexity index is 662. The van der Waals surface area contributed by atoms with Gasteiger partial charge in [-0.05, 0) is 37.8 Å². The van der Waals surface area contributed by atoms with Gasteiger partial charge in [0.15, 0.2) is 0 Å². The maximum absolute atomic E-state index is 12.3. The Morgan fingerprint density at radius 1 is 1.33 bits per heavy atom. The number of amides is 1. The highest BCUT2D eigenvalue weighted by Gasteiger charge is 2.31. The summed E-state index contributed by atoms with van der Waals surface area (Å²) in [7, 11) is 0. The van der Waals surface area contributed by atoms with Gasteiger partial charge in [-0.25, -0.2) is 4.98 Å². The fraction of sp³-hybridized carbons (Fsp3) is 0.500. The fourth-order valence-corrected chi connectivity index (χ4v) is 3.06. The molecule has 21 heavy (non-hydrogen) atoms. The molecule has 2 aromatic heterocycles. The molecule has 1 amide bonds. The Morgan fingerprint density at radius 3 is 3.10 bits per heavy atom. The molecular weight excluding hydrogens is 266 g/mol. The van der Waals surface area contributed by atoms with Crippen molar-refractivity contribution in [3.8, 4) is 0 Å². The summed E-state index contributed by atoms with van der Waals surface area (Å²) in [6.45, 7) is 1.69. The second kappa shape index (κ2) is 5.06. The molecule has 1 N–H and O–H groups in total. The smallest absolute Gasteiger partial charge is 0.225 e. The van der Waals surface area contributed by atoms with Gasteiger partial charge in [-0.15, -0.1) is 0 Å². The van der Waals surface area contributed by atoms with E-state index < -0.39 is 0 Å². The number of piperidine rings is 1. The summed E-state index contributed by atoms with van der Waals surface area (Å²) >= 11 is 0. The highest BCUT2D eigenvalue weighted by atomic mass is 16.3. The number of hydrogen-bond acceptors (Lipinski definition) is 4. The molecule has 1 saturated heterocycles. The van der Waals surface area contributed by atoms with Crippen LogP contribution in [-0.4, -0.2) is 30.0 Å². The van der Waals surface area contributed by atoms with Crippen LogP contribution in [0.1, 0.15) is 25.7 Å². The van der Waals surface area contributed by atoms with E-state index in [0.29, 0.717) is 6.04 Å². The number of nitrogens with zero attached hydrogens (tertiary/aromatic N) is 2. The van der Waals surface area contributed by atoms with Crippen LogP contribution in [0, 0.1) is 5.92 Å². The van der Waals surface area contributed by atoms with Gasteiger partial charge in [-0.3, -0.25) is 4.79 Å². The third-order valence-electron chi connectivity index (χ3n) is 4.37. The van der Waals surface area contributed by atoms with Crippen LogP contribution in [-0.2, 0) is 4.79 Å². The SMILES string of the molecule is O=C(NC1CC1)C1CCCN(c2nccc3occc23)C1. The molecule has 1 unspecified atom stereocenters. The van der Waals surface area contributed by atoms with E-state index in [-0.39, 0.29) is 11.8 Å². The quantitative estimate of drug-likeness (QED) is 0.940. The zero-order valence-electron chi connectivity index (χ0n) is 11.9. The molecule has 1 saturated carbocycles. The van der Waals surface area contributed by atoms with Crippen molar-refractivity contribution in [2.75, 3.05) is 18.0 Å². The van der Waals surface area contributed by atoms with Crippen LogP contribution in [0.25, 0.3) is 11.0 Å². The zero-order valence-corrected chi connectivity index (χ0v) is 11.9. The molecule has 3 heterocycles. The Labute approximate surface area is 123 Å². The molecule has 2 aliphatic rings. The highest BCUT2D eigenvalue weighted by Crippen LogP contribution is 2.29. The molecule has 1 atom stereocenters. The monoisotopic (exact) mass is 285 g/mol. The maximum Gasteiger partial charge on any atom is 0.225 e. The van der Waals surface area contributed by atoms with Crippen LogP contribution in [0.3, 0.4) is 0 Å². The minimum Gasteiger partial charge on any atom is -0.464 e. The second-order valence-electron chi connectivity index (χ2n) is 6.04. The number of carbonyl (C=O) groups excluding carboxylic acids is 1. The van der Waals surface area contributed by atoms with Gasteiger partial charge in [-0.1, -0.05) is 0 Å². The van der Waals surface area contributed by atoms with E-state index in [4.69, 9.17) is 4.42 Å². The van der Waals surface area contributed by atoms with Crippen molar-refractivity contribution >= 4 is 22.7 Å². The lowest BCUT2D eigenvalue weighted by Gasteiger charge is -2.33. The van der Waals surface area contributed by atoms with Crippen molar-refractivity contribution < 1.29 is 9.21 Å². The van der Waals surface area contributed by atoms with Gasteiger partial charge in [0.05, 0.1) is 17.6 Å². The first kappa shape index (κ1) is 12.7. The topological polar surface area (TPSA) is 58.4 Å². The molecule has 4 rings (SSSR count). The summed E-state index contributed by atoms with van der Waals surface area (Å²) in [5.74, 6) is 1.22. The van der Waals surface area contributed by atoms with Gasteiger partial charge in [0.1, 0.15) is 11.4 Å². The minimum absolute atomic E-state index is 0.0725. The Kier molecular flexibility index (Phi) is 3.05. The maximum atomic E-state index is 12.3. The van der Waals surface area contributed by atoms with Crippen LogP contribution in [0.2, 0.25) is 0 Å². The van der Waals surface area contributed by atoms with E-state index in [9.17, 15) is 4.79 Å². The van der Waals surface area contributed by atoms with Crippen molar-refractivity contribution in [3.63, 3.8) is 0 Å². The third kappa shape index (κ3) is 2.48. The zero-order chi connectivity index (χ0) is 14.2. The average Bonchev–Trinajstić information content (AvgIpc) is 3.20. The van der Waals surface area contributed by atoms with Gasteiger partial charge in [0.25, 0.3) is 0 Å². The number of fused-ring (bicyclic) bond motifs is 1. The van der Waals surface area contributed by atoms with Crippen LogP contribution >= 0.6 is 0 Å². The van der Waals surface area contributed by atoms with Crippen molar-refractivity contribution in [1.82, 2.24) is 10.3 Å². The van der Waals surface area contributed by atoms with Gasteiger partial charge in [0, 0.05) is 25.3 Å². The first-order valence-electron chi connectivity index (χ1n) is 7.69. The molecule has 1 aliphatic carbocycles. The lowest BCUT2D eigenvalue weighted by molar-refractivity contribution is -0.125. The lowest BCUT2D eigenvalue weighted by Crippen LogP contribution is -2.44. The van der Waals surface area contributed by atoms with Gasteiger partial charge >= 0.3 is 0 Å². The van der Waals surface area contributed by atoms with Gasteiger partial charge in [-0.2, -0.15) is 0 Å². The number of anilines is 1. The number of aromatic nitrogens is 1. The van der Waals surface area contributed by atoms with E-state index in [1.165, 1.54) is 0 Å². The summed E-state index contributed by atoms with van der Waals surface area (Å²) in [6.07, 6.45) is 7.73. The van der Waals surface area contributed by atoms with Crippen molar-refractivity contribution in [1.29, 1.82) is 0 Å². The molecule has 5 nitrogen and oxygen atoms in total. The predicted molar refractivity (Wildman–Crippen MR) is 80.1 cm³/mol. The molecule has 110 valence electrons. The second-order valence-corrected chi connectivity index (χ2v) is 6.04. The Hall–Kier alpha value is -2.04. The van der Waals surface area contributed by atoms with E-state index in [0.717, 1.165) is 55.6 Å². The summed E-state index contributed by atoms with van der Waals surface area (Å²) in [4.78, 5) is 19.0. The van der Waals surface area contributed by atoms with Gasteiger partial charge < -0.3 is 14.6 Å². The van der Waals surface area contributed by atoms with E-state index >= 15 is 0 Å². The van der Waals surface area contributed by atoms with Crippen LogP contribution in [0.5, 0.6) is 0 Å². The first-order chi connectivity index (χ1) is 10.3. The van der Waals surface area contributed by atoms with Crippen molar-refractivity contribution in [2.24, 2.45) is 5.92 Å². The average molecular weight is 285 g/mol. The summed E-state index contributed by atoms with van der Waals surface area (Å²) in [5, 5.41) is 4.15. The number of pyridine rings is 1. The lowest BCUT2D eigenvalue weighted by atomic mass is 9.97. The molecule has 0 radical (unpaired) electrons. The first-order valence-corrected chi connectivity index (χ1v) is 7.69. The Morgan fingerprint density at radius 2 is 2.24 bits per heavy atom. The molecule has 1 aliphatic heterocycles. The standard InChI is InChI=1S/C16H19N3O2/c20-16(18-12-3-4-12)11-2-1-8-19(10-11)15-13-6-9-21-14(13)5-7-17-15/h5-7,9,11-12H,1-4,8,10H2,(H,18,20). The van der Waals surface area contributed by atoms with Crippen LogP contribution in [0.15, 0.2) is 29.0 Å². The molecule has 2 aromatic rings. The van der Waals surface area contributed by atoms with Gasteiger partial charge in [0.2, 0.25) is 5.91 Å². The summed E-state index contributed by atoms with van der Waals surface area (Å²) in [6, 6.07) is 4.26. The fourth-order valence-electron chi connectivity index (χ4n) is 3.06. The van der Waals surface area contributed by atoms with E-state index in [2.05, 4.69) is 15.2 Å². The summed E-state index contributed by atoms with van der Waals surface area (Å²) < 4.78 is 5.44. The molecule has 2 fully saturated rings. The molecule has 0 bridgehead atoms. The number of nitrogens with one attached hydrogen (secondary N) is 1. The van der Waals surface area contributed by atoms with Crippen molar-refractivity contribution in [3.05, 3.63) is 24.6 Å². The van der Waals surface area contributed by atoms with Crippen molar-refractivity contribution in [2.45, 2.75) is 31.7 Å². The predicted octanol–water partition coefficient (Wildman–Crippen LogP) is 2.32. The molecule has 0 spiro atoms. The molecular formula is C16H19N3O2. The minimum atomic E-state index is 0.0725. The van der Waals surface area contributed by atoms with E-state index in [1.54, 1.807) is 12.5 Å². The Balaban J connectivity index is 1.54. The molecule has 0 aromatic carbocycles. The van der Waals surface area contributed by atoms with E-state index in [1.807, 2.05) is 12.1 Å². The number of hydrogen-bond donors (Lipinski definition) is 1. The third-order valence-corrected chi connectivity index (χ3v) is 4.37. The van der Waals surface area contributed by atoms with Crippen LogP contribution in [0.4, 0.5) is 5.82 Å². The number of carbonyl (C=O) groups is 1. The van der Waals surface area contributed by atoms with Crippen LogP contribution < -0.4 is 10.2 Å². The number of furan rings is 1. The largest absolute Gasteiger partial charge is 0.464 e. The number of rotatable bonds is 3. The molecule has 5 heteroatoms. The summed E-state index contributed by atoms with van der Waals surface area (Å²) in [5.41, 5.74) is 0.851.